The van der Waals surface area contributed by atoms with E-state index < -0.39 is 17.6 Å². The first-order valence-electron chi connectivity index (χ1n) is 10.2. The van der Waals surface area contributed by atoms with Crippen molar-refractivity contribution in [2.75, 3.05) is 5.32 Å². The number of carbonyl (C=O) groups excluding carboxylic acids is 1. The third-order valence-electron chi connectivity index (χ3n) is 5.26. The van der Waals surface area contributed by atoms with Gasteiger partial charge < -0.3 is 5.32 Å². The Morgan fingerprint density at radius 1 is 1.03 bits per heavy atom. The van der Waals surface area contributed by atoms with Crippen LogP contribution in [0.1, 0.15) is 32.7 Å². The second-order valence-electron chi connectivity index (χ2n) is 7.56. The lowest BCUT2D eigenvalue weighted by Crippen LogP contribution is -2.14. The topological polar surface area (TPSA) is 67.8 Å². The number of benzene rings is 2. The van der Waals surface area contributed by atoms with E-state index in [-0.39, 0.29) is 5.69 Å². The third-order valence-corrected chi connectivity index (χ3v) is 5.95. The number of aryl methyl sites for hydroxylation is 1. The molecular weight excluding hydrogens is 509 g/mol. The van der Waals surface area contributed by atoms with Crippen molar-refractivity contribution in [1.82, 2.24) is 15.0 Å². The van der Waals surface area contributed by atoms with E-state index in [1.807, 2.05) is 19.1 Å². The summed E-state index contributed by atoms with van der Waals surface area (Å²) in [6, 6.07) is 13.8. The highest BCUT2D eigenvalue weighted by Crippen LogP contribution is 2.34. The predicted octanol–water partition coefficient (Wildman–Crippen LogP) is 6.47. The van der Waals surface area contributed by atoms with Crippen LogP contribution in [0.3, 0.4) is 0 Å². The number of nitrogens with one attached hydrogen (secondary N) is 1. The summed E-state index contributed by atoms with van der Waals surface area (Å²) in [6.45, 7) is 1.92. The summed E-state index contributed by atoms with van der Waals surface area (Å²) in [7, 11) is 0. The number of carbonyl (C=O) groups is 1. The van der Waals surface area contributed by atoms with Crippen LogP contribution in [0, 0.1) is 6.92 Å². The summed E-state index contributed by atoms with van der Waals surface area (Å²) >= 11 is 3.20. The number of aromatic nitrogens is 3. The number of amides is 1. The van der Waals surface area contributed by atoms with Crippen molar-refractivity contribution >= 4 is 27.5 Å². The molecule has 0 radical (unpaired) electrons. The molecular formula is C25H18BrF3N4O. The maximum Gasteiger partial charge on any atom is 0.416 e. The van der Waals surface area contributed by atoms with Gasteiger partial charge in [-0.05, 0) is 82.5 Å². The van der Waals surface area contributed by atoms with Gasteiger partial charge in [0.15, 0.2) is 0 Å². The minimum absolute atomic E-state index is 0.0396. The molecule has 34 heavy (non-hydrogen) atoms. The van der Waals surface area contributed by atoms with Gasteiger partial charge in [-0.3, -0.25) is 9.78 Å². The highest BCUT2D eigenvalue weighted by molar-refractivity contribution is 9.10. The summed E-state index contributed by atoms with van der Waals surface area (Å²) < 4.78 is 39.6. The Kier molecular flexibility index (Phi) is 6.74. The molecule has 0 aliphatic rings. The van der Waals surface area contributed by atoms with E-state index in [1.165, 1.54) is 12.4 Å². The van der Waals surface area contributed by atoms with E-state index in [4.69, 9.17) is 0 Å². The van der Waals surface area contributed by atoms with E-state index in [0.29, 0.717) is 16.5 Å². The van der Waals surface area contributed by atoms with Gasteiger partial charge in [-0.25, -0.2) is 9.97 Å². The number of anilines is 1. The molecule has 0 bridgehead atoms. The number of halogens is 4. The number of alkyl halides is 3. The van der Waals surface area contributed by atoms with Crippen molar-refractivity contribution < 1.29 is 18.0 Å². The predicted molar refractivity (Wildman–Crippen MR) is 126 cm³/mol. The normalized spacial score (nSPS) is 11.3. The molecule has 1 N–H and O–H groups in total. The van der Waals surface area contributed by atoms with E-state index in [0.717, 1.165) is 40.2 Å². The smallest absolute Gasteiger partial charge is 0.321 e. The van der Waals surface area contributed by atoms with Gasteiger partial charge in [0, 0.05) is 34.4 Å². The van der Waals surface area contributed by atoms with Gasteiger partial charge in [-0.1, -0.05) is 6.07 Å². The molecule has 172 valence electrons. The minimum atomic E-state index is -4.51. The van der Waals surface area contributed by atoms with E-state index >= 15 is 0 Å². The molecule has 5 nitrogen and oxygen atoms in total. The monoisotopic (exact) mass is 526 g/mol. The van der Waals surface area contributed by atoms with Crippen LogP contribution < -0.4 is 5.32 Å². The first kappa shape index (κ1) is 23.6. The lowest BCUT2D eigenvalue weighted by atomic mass is 9.97. The Bertz CT molecular complexity index is 1340. The Balaban J connectivity index is 1.61. The lowest BCUT2D eigenvalue weighted by molar-refractivity contribution is -0.137. The maximum atomic E-state index is 13.1. The average Bonchev–Trinajstić information content (AvgIpc) is 2.82. The summed E-state index contributed by atoms with van der Waals surface area (Å²) in [4.78, 5) is 25.6. The molecule has 4 rings (SSSR count). The third kappa shape index (κ3) is 5.31. The van der Waals surface area contributed by atoms with Gasteiger partial charge in [0.2, 0.25) is 0 Å². The van der Waals surface area contributed by atoms with Gasteiger partial charge in [-0.15, -0.1) is 0 Å². The van der Waals surface area contributed by atoms with E-state index in [2.05, 4.69) is 36.2 Å². The van der Waals surface area contributed by atoms with Crippen LogP contribution in [0.4, 0.5) is 18.9 Å². The Labute approximate surface area is 202 Å². The van der Waals surface area contributed by atoms with Crippen molar-refractivity contribution in [3.05, 3.63) is 106 Å². The van der Waals surface area contributed by atoms with Crippen LogP contribution in [-0.2, 0) is 12.6 Å². The zero-order valence-corrected chi connectivity index (χ0v) is 19.5. The molecule has 0 fully saturated rings. The molecule has 0 atom stereocenters. The summed E-state index contributed by atoms with van der Waals surface area (Å²) in [5, 5.41) is 2.57. The van der Waals surface area contributed by atoms with Crippen molar-refractivity contribution in [2.24, 2.45) is 0 Å². The number of hydrogen-bond acceptors (Lipinski definition) is 4. The molecule has 0 aliphatic heterocycles. The van der Waals surface area contributed by atoms with Crippen LogP contribution in [0.5, 0.6) is 0 Å². The van der Waals surface area contributed by atoms with Gasteiger partial charge in [0.25, 0.3) is 5.91 Å². The number of hydrogen-bond donors (Lipinski definition) is 1. The minimum Gasteiger partial charge on any atom is -0.321 e. The zero-order valence-electron chi connectivity index (χ0n) is 17.9. The largest absolute Gasteiger partial charge is 0.416 e. The fourth-order valence-electron chi connectivity index (χ4n) is 3.44. The van der Waals surface area contributed by atoms with Crippen molar-refractivity contribution in [2.45, 2.75) is 19.5 Å². The lowest BCUT2D eigenvalue weighted by Gasteiger charge is -2.14. The fraction of sp³-hybridized carbons (Fsp3) is 0.120. The molecule has 1 amide bonds. The van der Waals surface area contributed by atoms with E-state index in [9.17, 15) is 18.0 Å². The highest BCUT2D eigenvalue weighted by Gasteiger charge is 2.31. The Hall–Kier alpha value is -3.59. The average molecular weight is 527 g/mol. The quantitative estimate of drug-likeness (QED) is 0.323. The molecule has 2 aromatic heterocycles. The first-order chi connectivity index (χ1) is 16.2. The van der Waals surface area contributed by atoms with Gasteiger partial charge in [0.1, 0.15) is 6.33 Å². The molecule has 9 heteroatoms. The number of nitrogens with zero attached hydrogens (tertiary/aromatic N) is 3. The molecule has 0 spiro atoms. The number of pyridine rings is 1. The van der Waals surface area contributed by atoms with Gasteiger partial charge >= 0.3 is 6.18 Å². The second-order valence-corrected chi connectivity index (χ2v) is 8.41. The number of rotatable bonds is 5. The van der Waals surface area contributed by atoms with Crippen LogP contribution >= 0.6 is 15.9 Å². The summed E-state index contributed by atoms with van der Waals surface area (Å²) in [6.07, 6.45) is 0.744. The maximum absolute atomic E-state index is 13.1. The van der Waals surface area contributed by atoms with E-state index in [1.54, 1.807) is 36.7 Å². The van der Waals surface area contributed by atoms with Crippen molar-refractivity contribution in [1.29, 1.82) is 0 Å². The second kappa shape index (κ2) is 9.72. The van der Waals surface area contributed by atoms with Crippen molar-refractivity contribution in [3.63, 3.8) is 0 Å². The summed E-state index contributed by atoms with van der Waals surface area (Å²) in [5.41, 5.74) is 3.71. The van der Waals surface area contributed by atoms with Crippen molar-refractivity contribution in [3.8, 4) is 11.3 Å². The first-order valence-corrected chi connectivity index (χ1v) is 11.0. The molecule has 0 saturated heterocycles. The standard InChI is InChI=1S/C25H18BrF3N4O/c1-15-4-5-16(24(34)33-23-13-18(25(27,28)29)6-7-20(23)26)11-17(15)12-22-19(3-2-9-31-22)21-8-10-30-14-32-21/h2-11,13-14H,12H2,1H3,(H,33,34). The SMILES string of the molecule is Cc1ccc(C(=O)Nc2cc(C(F)(F)F)ccc2Br)cc1Cc1ncccc1-c1ccncn1. The fourth-order valence-corrected chi connectivity index (χ4v) is 3.78. The molecule has 2 aromatic carbocycles. The van der Waals surface area contributed by atoms with Crippen LogP contribution in [-0.4, -0.2) is 20.9 Å². The summed E-state index contributed by atoms with van der Waals surface area (Å²) in [5.74, 6) is -0.515. The zero-order chi connectivity index (χ0) is 24.3. The molecule has 2 heterocycles. The molecule has 0 saturated carbocycles. The molecule has 0 unspecified atom stereocenters. The highest BCUT2D eigenvalue weighted by atomic mass is 79.9. The van der Waals surface area contributed by atoms with Crippen LogP contribution in [0.25, 0.3) is 11.3 Å². The Morgan fingerprint density at radius 2 is 1.85 bits per heavy atom. The van der Waals surface area contributed by atoms with Gasteiger partial charge in [-0.2, -0.15) is 13.2 Å². The molecule has 0 aliphatic carbocycles. The Morgan fingerprint density at radius 3 is 2.59 bits per heavy atom. The van der Waals surface area contributed by atoms with Gasteiger partial charge in [0.05, 0.1) is 22.6 Å². The van der Waals surface area contributed by atoms with Crippen LogP contribution in [0.15, 0.2) is 77.8 Å². The van der Waals surface area contributed by atoms with Crippen LogP contribution in [0.2, 0.25) is 0 Å². The molecule has 4 aromatic rings.